The van der Waals surface area contributed by atoms with E-state index in [-0.39, 0.29) is 5.91 Å². The average Bonchev–Trinajstić information content (AvgIpc) is 2.81. The van der Waals surface area contributed by atoms with Crippen molar-refractivity contribution in [1.29, 1.82) is 0 Å². The molecular formula is C13H18N2OS. The molecule has 1 aromatic rings. The summed E-state index contributed by atoms with van der Waals surface area (Å²) in [5, 5.41) is 6.22. The zero-order valence-electron chi connectivity index (χ0n) is 10.3. The lowest BCUT2D eigenvalue weighted by atomic mass is 9.81. The minimum atomic E-state index is -0.0996. The second-order valence-electron chi connectivity index (χ2n) is 4.69. The topological polar surface area (TPSA) is 41.5 Å². The molecule has 92 valence electrons. The van der Waals surface area contributed by atoms with Crippen LogP contribution in [0.5, 0.6) is 0 Å². The summed E-state index contributed by atoms with van der Waals surface area (Å²) >= 11 is 1.44. The molecular weight excluding hydrogens is 232 g/mol. The second-order valence-corrected chi connectivity index (χ2v) is 5.64. The summed E-state index contributed by atoms with van der Waals surface area (Å²) in [6, 6.07) is 3.69. The largest absolute Gasteiger partial charge is 0.281 e. The van der Waals surface area contributed by atoms with E-state index in [0.29, 0.717) is 16.7 Å². The van der Waals surface area contributed by atoms with Gasteiger partial charge in [0.2, 0.25) is 0 Å². The van der Waals surface area contributed by atoms with Gasteiger partial charge >= 0.3 is 0 Å². The molecule has 2 atom stereocenters. The first kappa shape index (κ1) is 12.3. The summed E-state index contributed by atoms with van der Waals surface area (Å²) in [6.45, 7) is 4.37. The van der Waals surface area contributed by atoms with Crippen LogP contribution in [0.4, 0.5) is 0 Å². The molecule has 1 aliphatic rings. The van der Waals surface area contributed by atoms with Crippen molar-refractivity contribution in [3.63, 3.8) is 0 Å². The summed E-state index contributed by atoms with van der Waals surface area (Å²) in [6.07, 6.45) is 3.62. The lowest BCUT2D eigenvalue weighted by Crippen LogP contribution is -2.29. The van der Waals surface area contributed by atoms with Crippen LogP contribution in [0.15, 0.2) is 22.6 Å². The molecule has 4 heteroatoms. The number of carbonyl (C=O) groups is 1. The second kappa shape index (κ2) is 5.45. The average molecular weight is 250 g/mol. The van der Waals surface area contributed by atoms with Gasteiger partial charge in [0.25, 0.3) is 5.91 Å². The number of hydrogen-bond donors (Lipinski definition) is 1. The first-order valence-corrected chi connectivity index (χ1v) is 6.97. The van der Waals surface area contributed by atoms with Gasteiger partial charge in [-0.05, 0) is 36.1 Å². The maximum Gasteiger partial charge on any atom is 0.281 e. The van der Waals surface area contributed by atoms with Crippen LogP contribution >= 0.6 is 11.3 Å². The maximum absolute atomic E-state index is 11.8. The zero-order chi connectivity index (χ0) is 12.3. The molecule has 1 fully saturated rings. The van der Waals surface area contributed by atoms with Crippen molar-refractivity contribution in [1.82, 2.24) is 5.43 Å². The fourth-order valence-corrected chi connectivity index (χ4v) is 2.92. The quantitative estimate of drug-likeness (QED) is 0.804. The van der Waals surface area contributed by atoms with Gasteiger partial charge in [0, 0.05) is 5.71 Å². The predicted octanol–water partition coefficient (Wildman–Crippen LogP) is 3.29. The molecule has 1 N–H and O–H groups in total. The minimum absolute atomic E-state index is 0.0996. The molecule has 0 aromatic carbocycles. The van der Waals surface area contributed by atoms with Gasteiger partial charge < -0.3 is 0 Å². The smallest absolute Gasteiger partial charge is 0.266 e. The number of nitrogens with zero attached hydrogens (tertiary/aromatic N) is 1. The number of carbonyl (C=O) groups excluding carboxylic acids is 1. The van der Waals surface area contributed by atoms with Gasteiger partial charge in [0.1, 0.15) is 0 Å². The van der Waals surface area contributed by atoms with E-state index >= 15 is 0 Å². The highest BCUT2D eigenvalue weighted by molar-refractivity contribution is 7.12. The molecule has 3 nitrogen and oxygen atoms in total. The molecule has 1 amide bonds. The van der Waals surface area contributed by atoms with E-state index in [2.05, 4.69) is 24.4 Å². The van der Waals surface area contributed by atoms with Gasteiger partial charge in [-0.2, -0.15) is 5.10 Å². The van der Waals surface area contributed by atoms with E-state index < -0.39 is 0 Å². The highest BCUT2D eigenvalue weighted by Gasteiger charge is 2.23. The molecule has 1 saturated carbocycles. The van der Waals surface area contributed by atoms with E-state index in [1.165, 1.54) is 30.6 Å². The Kier molecular flexibility index (Phi) is 3.94. The summed E-state index contributed by atoms with van der Waals surface area (Å²) in [4.78, 5) is 12.5. The first-order chi connectivity index (χ1) is 8.18. The number of hydrogen-bond acceptors (Lipinski definition) is 3. The number of nitrogens with one attached hydrogen (secondary N) is 1. The van der Waals surface area contributed by atoms with Crippen LogP contribution in [0, 0.1) is 11.8 Å². The summed E-state index contributed by atoms with van der Waals surface area (Å²) in [7, 11) is 0. The molecule has 0 radical (unpaired) electrons. The fraction of sp³-hybridized carbons (Fsp3) is 0.538. The maximum atomic E-state index is 11.8. The Balaban J connectivity index is 2.02. The zero-order valence-corrected chi connectivity index (χ0v) is 11.1. The van der Waals surface area contributed by atoms with E-state index in [1.807, 2.05) is 17.5 Å². The van der Waals surface area contributed by atoms with Crippen molar-refractivity contribution in [3.8, 4) is 0 Å². The molecule has 0 spiro atoms. The van der Waals surface area contributed by atoms with Crippen LogP contribution in [0.25, 0.3) is 0 Å². The Hall–Kier alpha value is -1.16. The van der Waals surface area contributed by atoms with Crippen molar-refractivity contribution in [2.45, 2.75) is 33.1 Å². The van der Waals surface area contributed by atoms with E-state index in [1.54, 1.807) is 0 Å². The number of hydrazone groups is 1. The Labute approximate surface area is 106 Å². The summed E-state index contributed by atoms with van der Waals surface area (Å²) in [5.41, 5.74) is 3.82. The van der Waals surface area contributed by atoms with Crippen molar-refractivity contribution in [2.75, 3.05) is 0 Å². The van der Waals surface area contributed by atoms with Crippen LogP contribution in [0.2, 0.25) is 0 Å². The monoisotopic (exact) mass is 250 g/mol. The van der Waals surface area contributed by atoms with Gasteiger partial charge in [0.05, 0.1) is 4.88 Å². The van der Waals surface area contributed by atoms with Crippen LogP contribution in [-0.2, 0) is 0 Å². The molecule has 1 aliphatic carbocycles. The Bertz CT molecular complexity index is 399. The molecule has 0 bridgehead atoms. The van der Waals surface area contributed by atoms with Gasteiger partial charge in [-0.25, -0.2) is 5.43 Å². The normalized spacial score (nSPS) is 27.1. The van der Waals surface area contributed by atoms with Gasteiger partial charge in [-0.1, -0.05) is 26.3 Å². The Morgan fingerprint density at radius 2 is 2.12 bits per heavy atom. The summed E-state index contributed by atoms with van der Waals surface area (Å²) in [5.74, 6) is 0.877. The Morgan fingerprint density at radius 1 is 1.41 bits per heavy atom. The van der Waals surface area contributed by atoms with Gasteiger partial charge in [-0.15, -0.1) is 11.3 Å². The highest BCUT2D eigenvalue weighted by atomic mass is 32.1. The third kappa shape index (κ3) is 2.94. The molecule has 17 heavy (non-hydrogen) atoms. The standard InChI is InChI=1S/C13H18N2OS/c1-9-5-3-6-10(2)12(9)14-15-13(16)11-7-4-8-17-11/h4,7-10H,3,5-6H2,1-2H3,(H,15,16)/t9-,10+. The van der Waals surface area contributed by atoms with Crippen molar-refractivity contribution >= 4 is 23.0 Å². The van der Waals surface area contributed by atoms with Crippen molar-refractivity contribution < 1.29 is 4.79 Å². The van der Waals surface area contributed by atoms with Gasteiger partial charge in [0.15, 0.2) is 0 Å². The number of thiophene rings is 1. The number of amides is 1. The SMILES string of the molecule is C[C@@H]1CCC[C@H](C)C1=NNC(=O)c1cccs1. The van der Waals surface area contributed by atoms with Gasteiger partial charge in [-0.3, -0.25) is 4.79 Å². The van der Waals surface area contributed by atoms with Crippen LogP contribution in [0.1, 0.15) is 42.8 Å². The number of rotatable bonds is 2. The third-order valence-electron chi connectivity index (χ3n) is 3.32. The fourth-order valence-electron chi connectivity index (χ4n) is 2.31. The Morgan fingerprint density at radius 3 is 2.71 bits per heavy atom. The minimum Gasteiger partial charge on any atom is -0.266 e. The molecule has 0 aliphatic heterocycles. The molecule has 1 heterocycles. The van der Waals surface area contributed by atoms with Crippen LogP contribution in [-0.4, -0.2) is 11.6 Å². The van der Waals surface area contributed by atoms with E-state index in [4.69, 9.17) is 0 Å². The molecule has 0 unspecified atom stereocenters. The third-order valence-corrected chi connectivity index (χ3v) is 4.18. The lowest BCUT2D eigenvalue weighted by molar-refractivity contribution is 0.0958. The lowest BCUT2D eigenvalue weighted by Gasteiger charge is -2.26. The van der Waals surface area contributed by atoms with Crippen molar-refractivity contribution in [3.05, 3.63) is 22.4 Å². The van der Waals surface area contributed by atoms with E-state index in [9.17, 15) is 4.79 Å². The van der Waals surface area contributed by atoms with Crippen molar-refractivity contribution in [2.24, 2.45) is 16.9 Å². The van der Waals surface area contributed by atoms with Crippen LogP contribution in [0.3, 0.4) is 0 Å². The highest BCUT2D eigenvalue weighted by Crippen LogP contribution is 2.25. The summed E-state index contributed by atoms with van der Waals surface area (Å²) < 4.78 is 0. The van der Waals surface area contributed by atoms with E-state index in [0.717, 1.165) is 5.71 Å². The van der Waals surface area contributed by atoms with Crippen LogP contribution < -0.4 is 5.43 Å². The first-order valence-electron chi connectivity index (χ1n) is 6.10. The molecule has 2 rings (SSSR count). The molecule has 1 aromatic heterocycles. The predicted molar refractivity (Wildman–Crippen MR) is 71.4 cm³/mol. The molecule has 0 saturated heterocycles.